The lowest BCUT2D eigenvalue weighted by Gasteiger charge is -2.30. The van der Waals surface area contributed by atoms with Crippen molar-refractivity contribution in [3.05, 3.63) is 75.8 Å². The number of carbonyl (C=O) groups excluding carboxylic acids is 3. The number of imide groups is 1. The normalized spacial score (nSPS) is 24.2. The van der Waals surface area contributed by atoms with Crippen LogP contribution in [0.4, 0.5) is 5.69 Å². The summed E-state index contributed by atoms with van der Waals surface area (Å²) in [5.74, 6) is -2.57. The standard InChI is InChI=1S/C31H30ClN3O7/c1-15-10-18-27(19(32)11-15)33-30(40)31(18)26-25(20(34-31)12-17-4-6-21(36)22(37)13-17)28(38)35(29(26)39)9-8-16-5-7-23(41-2)24(14-16)42-3/h4-7,10-11,13-14,20,25-26,34,36-37H,8-9,12H2,1-3H3,(H,33,40)/t20?,25-,26+,31?/m1/s1. The lowest BCUT2D eigenvalue weighted by Crippen LogP contribution is -2.53. The molecule has 0 aliphatic carbocycles. The molecule has 2 fully saturated rings. The molecule has 3 heterocycles. The number of carbonyl (C=O) groups is 3. The first-order valence-electron chi connectivity index (χ1n) is 13.6. The summed E-state index contributed by atoms with van der Waals surface area (Å²) in [5.41, 5.74) is 1.73. The first-order valence-corrected chi connectivity index (χ1v) is 13.9. The van der Waals surface area contributed by atoms with Crippen LogP contribution in [0.3, 0.4) is 0 Å². The van der Waals surface area contributed by atoms with E-state index in [4.69, 9.17) is 21.1 Å². The molecule has 3 aliphatic heterocycles. The van der Waals surface area contributed by atoms with Gasteiger partial charge < -0.3 is 25.0 Å². The fourth-order valence-electron chi connectivity index (χ4n) is 6.68. The second kappa shape index (κ2) is 10.2. The monoisotopic (exact) mass is 591 g/mol. The Kier molecular flexibility index (Phi) is 6.78. The molecule has 0 aromatic heterocycles. The zero-order valence-electron chi connectivity index (χ0n) is 23.2. The second-order valence-corrected chi connectivity index (χ2v) is 11.4. The molecule has 3 amide bonds. The van der Waals surface area contributed by atoms with Gasteiger partial charge in [-0.25, -0.2) is 0 Å². The van der Waals surface area contributed by atoms with Gasteiger partial charge in [-0.05, 0) is 66.8 Å². The predicted molar refractivity (Wildman–Crippen MR) is 154 cm³/mol. The van der Waals surface area contributed by atoms with Gasteiger partial charge in [0.1, 0.15) is 5.54 Å². The number of hydrogen-bond acceptors (Lipinski definition) is 8. The molecular formula is C31H30ClN3O7. The highest BCUT2D eigenvalue weighted by Crippen LogP contribution is 2.55. The van der Waals surface area contributed by atoms with E-state index >= 15 is 0 Å². The number of amides is 3. The summed E-state index contributed by atoms with van der Waals surface area (Å²) in [5, 5.41) is 26.5. The summed E-state index contributed by atoms with van der Waals surface area (Å²) < 4.78 is 10.7. The van der Waals surface area contributed by atoms with Crippen molar-refractivity contribution in [2.45, 2.75) is 31.3 Å². The van der Waals surface area contributed by atoms with Gasteiger partial charge >= 0.3 is 0 Å². The maximum atomic E-state index is 14.2. The molecule has 1 spiro atoms. The number of nitrogens with one attached hydrogen (secondary N) is 2. The maximum absolute atomic E-state index is 14.2. The molecule has 2 unspecified atom stereocenters. The van der Waals surface area contributed by atoms with Crippen LogP contribution in [0.1, 0.15) is 22.3 Å². The third-order valence-corrected chi connectivity index (χ3v) is 8.88. The summed E-state index contributed by atoms with van der Waals surface area (Å²) in [4.78, 5) is 43.3. The average molecular weight is 592 g/mol. The van der Waals surface area contributed by atoms with Gasteiger partial charge in [0.15, 0.2) is 23.0 Å². The van der Waals surface area contributed by atoms with Crippen molar-refractivity contribution in [2.75, 3.05) is 26.1 Å². The largest absolute Gasteiger partial charge is 0.504 e. The van der Waals surface area contributed by atoms with Gasteiger partial charge in [0.25, 0.3) is 0 Å². The van der Waals surface area contributed by atoms with E-state index in [-0.39, 0.29) is 30.4 Å². The Bertz CT molecular complexity index is 1640. The van der Waals surface area contributed by atoms with E-state index in [1.165, 1.54) is 24.1 Å². The molecule has 0 radical (unpaired) electrons. The van der Waals surface area contributed by atoms with Crippen molar-refractivity contribution in [1.29, 1.82) is 0 Å². The van der Waals surface area contributed by atoms with Crippen molar-refractivity contribution >= 4 is 35.0 Å². The highest BCUT2D eigenvalue weighted by Gasteiger charge is 2.70. The molecule has 42 heavy (non-hydrogen) atoms. The average Bonchev–Trinajstić information content (AvgIpc) is 3.54. The van der Waals surface area contributed by atoms with E-state index in [0.717, 1.165) is 11.1 Å². The van der Waals surface area contributed by atoms with E-state index in [0.29, 0.717) is 39.8 Å². The summed E-state index contributed by atoms with van der Waals surface area (Å²) in [6, 6.07) is 12.8. The maximum Gasteiger partial charge on any atom is 0.250 e. The SMILES string of the molecule is COc1ccc(CCN2C(=O)[C@@H]3C(Cc4ccc(O)c(O)c4)NC4(C(=O)Nc5c(Cl)cc(C)cc54)[C@@H]3C2=O)cc1OC. The molecule has 0 saturated carbocycles. The van der Waals surface area contributed by atoms with Gasteiger partial charge in [-0.3, -0.25) is 24.6 Å². The molecule has 4 atom stereocenters. The third kappa shape index (κ3) is 4.16. The number of ether oxygens (including phenoxy) is 2. The predicted octanol–water partition coefficient (Wildman–Crippen LogP) is 3.28. The summed E-state index contributed by atoms with van der Waals surface area (Å²) in [6.45, 7) is 1.97. The number of aromatic hydroxyl groups is 2. The van der Waals surface area contributed by atoms with Crippen LogP contribution in [-0.4, -0.2) is 59.6 Å². The molecule has 3 aromatic rings. The quantitative estimate of drug-likeness (QED) is 0.243. The number of rotatable bonds is 7. The molecule has 2 saturated heterocycles. The molecule has 6 rings (SSSR count). The first kappa shape index (κ1) is 27.9. The van der Waals surface area contributed by atoms with Crippen LogP contribution in [0.25, 0.3) is 0 Å². The van der Waals surface area contributed by atoms with Crippen LogP contribution in [0.2, 0.25) is 5.02 Å². The minimum Gasteiger partial charge on any atom is -0.504 e. The Morgan fingerprint density at radius 1 is 0.929 bits per heavy atom. The van der Waals surface area contributed by atoms with Crippen LogP contribution >= 0.6 is 11.6 Å². The van der Waals surface area contributed by atoms with Crippen molar-refractivity contribution in [3.63, 3.8) is 0 Å². The Morgan fingerprint density at radius 2 is 1.67 bits per heavy atom. The number of fused-ring (bicyclic) bond motifs is 4. The smallest absolute Gasteiger partial charge is 0.250 e. The lowest BCUT2D eigenvalue weighted by molar-refractivity contribution is -0.142. The zero-order valence-corrected chi connectivity index (χ0v) is 24.0. The number of halogens is 1. The number of methoxy groups -OCH3 is 2. The number of phenols is 2. The number of aryl methyl sites for hydroxylation is 1. The highest BCUT2D eigenvalue weighted by atomic mass is 35.5. The van der Waals surface area contributed by atoms with Crippen molar-refractivity contribution in [3.8, 4) is 23.0 Å². The molecule has 0 bridgehead atoms. The number of benzene rings is 3. The van der Waals surface area contributed by atoms with Gasteiger partial charge in [0.2, 0.25) is 17.7 Å². The van der Waals surface area contributed by atoms with Crippen molar-refractivity contribution in [1.82, 2.24) is 10.2 Å². The van der Waals surface area contributed by atoms with Crippen molar-refractivity contribution in [2.24, 2.45) is 11.8 Å². The molecular weight excluding hydrogens is 562 g/mol. The number of anilines is 1. The molecule has 3 aliphatic rings. The van der Waals surface area contributed by atoms with Crippen LogP contribution in [-0.2, 0) is 32.8 Å². The van der Waals surface area contributed by atoms with Crippen molar-refractivity contribution < 1.29 is 34.1 Å². The minimum absolute atomic E-state index is 0.117. The van der Waals surface area contributed by atoms with E-state index in [9.17, 15) is 24.6 Å². The van der Waals surface area contributed by atoms with Crippen LogP contribution < -0.4 is 20.1 Å². The van der Waals surface area contributed by atoms with E-state index in [2.05, 4.69) is 10.6 Å². The number of nitrogens with zero attached hydrogens (tertiary/aromatic N) is 1. The Morgan fingerprint density at radius 3 is 2.38 bits per heavy atom. The molecule has 11 heteroatoms. The van der Waals surface area contributed by atoms with Crippen LogP contribution in [0, 0.1) is 18.8 Å². The summed E-state index contributed by atoms with van der Waals surface area (Å²) in [7, 11) is 3.08. The third-order valence-electron chi connectivity index (χ3n) is 8.58. The number of hydrogen-bond donors (Lipinski definition) is 4. The molecule has 3 aromatic carbocycles. The zero-order chi connectivity index (χ0) is 29.9. The molecule has 4 N–H and O–H groups in total. The fraction of sp³-hybridized carbons (Fsp3) is 0.323. The van der Waals surface area contributed by atoms with Gasteiger partial charge in [-0.1, -0.05) is 29.8 Å². The summed E-state index contributed by atoms with van der Waals surface area (Å²) >= 11 is 6.53. The topological polar surface area (TPSA) is 137 Å². The van der Waals surface area contributed by atoms with E-state index < -0.39 is 35.2 Å². The number of phenolic OH excluding ortho intramolecular Hbond substituents is 2. The van der Waals surface area contributed by atoms with Crippen LogP contribution in [0.5, 0.6) is 23.0 Å². The molecule has 218 valence electrons. The van der Waals surface area contributed by atoms with Gasteiger partial charge in [0, 0.05) is 18.2 Å². The van der Waals surface area contributed by atoms with E-state index in [1.807, 2.05) is 19.1 Å². The minimum atomic E-state index is -1.51. The van der Waals surface area contributed by atoms with E-state index in [1.54, 1.807) is 31.4 Å². The second-order valence-electron chi connectivity index (χ2n) is 11.0. The first-order chi connectivity index (χ1) is 20.1. The van der Waals surface area contributed by atoms with Gasteiger partial charge in [-0.2, -0.15) is 0 Å². The lowest BCUT2D eigenvalue weighted by atomic mass is 9.76. The Balaban J connectivity index is 1.38. The van der Waals surface area contributed by atoms with Gasteiger partial charge in [-0.15, -0.1) is 0 Å². The number of likely N-dealkylation sites (tertiary alicyclic amines) is 1. The Hall–Kier alpha value is -4.28. The van der Waals surface area contributed by atoms with Gasteiger partial charge in [0.05, 0.1) is 36.8 Å². The molecule has 10 nitrogen and oxygen atoms in total. The Labute approximate surface area is 247 Å². The summed E-state index contributed by atoms with van der Waals surface area (Å²) in [6.07, 6.45) is 0.601. The highest BCUT2D eigenvalue weighted by molar-refractivity contribution is 6.35. The fourth-order valence-corrected chi connectivity index (χ4v) is 7.00. The van der Waals surface area contributed by atoms with Crippen LogP contribution in [0.15, 0.2) is 48.5 Å².